The number of carbonyl (C=O) groups is 1. The largest absolute Gasteiger partial charge is 0.497 e. The van der Waals surface area contributed by atoms with Crippen molar-refractivity contribution < 1.29 is 23.4 Å². The molecule has 0 unspecified atom stereocenters. The van der Waals surface area contributed by atoms with Gasteiger partial charge in [-0.25, -0.2) is 13.6 Å². The van der Waals surface area contributed by atoms with E-state index in [9.17, 15) is 13.6 Å². The molecule has 0 amide bonds. The molecule has 1 N–H and O–H groups in total. The number of carboxylic acids is 1. The van der Waals surface area contributed by atoms with E-state index < -0.39 is 23.2 Å². The van der Waals surface area contributed by atoms with Gasteiger partial charge in [-0.1, -0.05) is 6.07 Å². The van der Waals surface area contributed by atoms with Crippen molar-refractivity contribution in [1.82, 2.24) is 0 Å². The monoisotopic (exact) mass is 264 g/mol. The third-order valence-electron chi connectivity index (χ3n) is 2.68. The van der Waals surface area contributed by atoms with E-state index in [1.807, 2.05) is 0 Å². The molecule has 0 aromatic heterocycles. The molecule has 98 valence electrons. The average molecular weight is 264 g/mol. The number of ether oxygens (including phenoxy) is 1. The molecule has 0 aliphatic heterocycles. The van der Waals surface area contributed by atoms with Crippen LogP contribution in [0.25, 0.3) is 11.1 Å². The second kappa shape index (κ2) is 5.06. The van der Waals surface area contributed by atoms with E-state index in [4.69, 9.17) is 9.84 Å². The Morgan fingerprint density at radius 2 is 1.84 bits per heavy atom. The first-order valence-corrected chi connectivity index (χ1v) is 5.39. The van der Waals surface area contributed by atoms with Gasteiger partial charge in [0.05, 0.1) is 12.7 Å². The van der Waals surface area contributed by atoms with Crippen LogP contribution in [0.4, 0.5) is 8.78 Å². The molecule has 3 nitrogen and oxygen atoms in total. The van der Waals surface area contributed by atoms with Crippen molar-refractivity contribution >= 4 is 5.97 Å². The zero-order valence-corrected chi connectivity index (χ0v) is 9.98. The number of benzene rings is 2. The van der Waals surface area contributed by atoms with Gasteiger partial charge in [-0.2, -0.15) is 0 Å². The second-order valence-electron chi connectivity index (χ2n) is 3.85. The first-order chi connectivity index (χ1) is 9.02. The lowest BCUT2D eigenvalue weighted by Gasteiger charge is -2.07. The summed E-state index contributed by atoms with van der Waals surface area (Å²) in [6, 6.07) is 7.60. The molecule has 0 heterocycles. The van der Waals surface area contributed by atoms with Crippen molar-refractivity contribution in [2.45, 2.75) is 0 Å². The van der Waals surface area contributed by atoms with Crippen LogP contribution in [0.1, 0.15) is 10.4 Å². The Kier molecular flexibility index (Phi) is 3.46. The zero-order chi connectivity index (χ0) is 14.0. The summed E-state index contributed by atoms with van der Waals surface area (Å²) in [7, 11) is 1.41. The SMILES string of the molecule is COc1ccc(-c2ccc(F)c(C(=O)O)c2)c(F)c1. The van der Waals surface area contributed by atoms with Crippen LogP contribution >= 0.6 is 0 Å². The minimum atomic E-state index is -1.40. The predicted molar refractivity (Wildman–Crippen MR) is 65.3 cm³/mol. The molecule has 2 aromatic rings. The number of hydrogen-bond donors (Lipinski definition) is 1. The van der Waals surface area contributed by atoms with E-state index in [0.29, 0.717) is 11.3 Å². The van der Waals surface area contributed by atoms with Gasteiger partial charge in [0.1, 0.15) is 17.4 Å². The van der Waals surface area contributed by atoms with Crippen LogP contribution in [-0.4, -0.2) is 18.2 Å². The average Bonchev–Trinajstić information content (AvgIpc) is 2.39. The Morgan fingerprint density at radius 1 is 1.11 bits per heavy atom. The van der Waals surface area contributed by atoms with E-state index >= 15 is 0 Å². The Bertz CT molecular complexity index is 639. The predicted octanol–water partition coefficient (Wildman–Crippen LogP) is 3.34. The summed E-state index contributed by atoms with van der Waals surface area (Å²) in [6.07, 6.45) is 0. The van der Waals surface area contributed by atoms with E-state index in [0.717, 1.165) is 12.1 Å². The molecule has 5 heteroatoms. The molecule has 0 radical (unpaired) electrons. The van der Waals surface area contributed by atoms with Gasteiger partial charge in [-0.15, -0.1) is 0 Å². The highest BCUT2D eigenvalue weighted by atomic mass is 19.1. The van der Waals surface area contributed by atoms with Crippen LogP contribution < -0.4 is 4.74 Å². The molecule has 0 saturated heterocycles. The zero-order valence-electron chi connectivity index (χ0n) is 9.98. The number of halogens is 2. The molecule has 0 fully saturated rings. The van der Waals surface area contributed by atoms with Crippen LogP contribution in [0.5, 0.6) is 5.75 Å². The van der Waals surface area contributed by atoms with Crippen LogP contribution in [-0.2, 0) is 0 Å². The second-order valence-corrected chi connectivity index (χ2v) is 3.85. The molecule has 0 bridgehead atoms. The van der Waals surface area contributed by atoms with E-state index in [1.54, 1.807) is 6.07 Å². The number of hydrogen-bond acceptors (Lipinski definition) is 2. The van der Waals surface area contributed by atoms with Crippen LogP contribution in [0, 0.1) is 11.6 Å². The molecule has 0 saturated carbocycles. The third-order valence-corrected chi connectivity index (χ3v) is 2.68. The van der Waals surface area contributed by atoms with Gasteiger partial charge >= 0.3 is 5.97 Å². The van der Waals surface area contributed by atoms with Gasteiger partial charge < -0.3 is 9.84 Å². The molecule has 0 aliphatic rings. The lowest BCUT2D eigenvalue weighted by Crippen LogP contribution is -2.01. The summed E-state index contributed by atoms with van der Waals surface area (Å²) in [5.41, 5.74) is -0.0185. The smallest absolute Gasteiger partial charge is 0.338 e. The van der Waals surface area contributed by atoms with Crippen molar-refractivity contribution in [3.63, 3.8) is 0 Å². The molecule has 0 spiro atoms. The highest BCUT2D eigenvalue weighted by Crippen LogP contribution is 2.27. The normalized spacial score (nSPS) is 10.3. The number of carboxylic acid groups (broad SMARTS) is 1. The maximum absolute atomic E-state index is 13.8. The van der Waals surface area contributed by atoms with Gasteiger partial charge in [-0.3, -0.25) is 0 Å². The molecule has 0 atom stereocenters. The van der Waals surface area contributed by atoms with E-state index in [-0.39, 0.29) is 5.56 Å². The lowest BCUT2D eigenvalue weighted by molar-refractivity contribution is 0.0692. The Hall–Kier alpha value is -2.43. The fraction of sp³-hybridized carbons (Fsp3) is 0.0714. The fourth-order valence-corrected chi connectivity index (χ4v) is 1.71. The van der Waals surface area contributed by atoms with Crippen molar-refractivity contribution in [2.75, 3.05) is 7.11 Å². The van der Waals surface area contributed by atoms with Crippen LogP contribution in [0.2, 0.25) is 0 Å². The summed E-state index contributed by atoms with van der Waals surface area (Å²) < 4.78 is 32.0. The molecule has 19 heavy (non-hydrogen) atoms. The Balaban J connectivity index is 2.53. The maximum Gasteiger partial charge on any atom is 0.338 e. The van der Waals surface area contributed by atoms with Crippen molar-refractivity contribution in [2.24, 2.45) is 0 Å². The summed E-state index contributed by atoms with van der Waals surface area (Å²) in [5, 5.41) is 8.83. The Labute approximate surface area is 108 Å². The lowest BCUT2D eigenvalue weighted by atomic mass is 10.0. The summed E-state index contributed by atoms with van der Waals surface area (Å²) >= 11 is 0. The molecule has 2 aromatic carbocycles. The van der Waals surface area contributed by atoms with E-state index in [1.165, 1.54) is 25.3 Å². The topological polar surface area (TPSA) is 46.5 Å². The standard InChI is InChI=1S/C14H10F2O3/c1-19-9-3-4-10(13(16)7-9)8-2-5-12(15)11(6-8)14(17)18/h2-7H,1H3,(H,17,18). The highest BCUT2D eigenvalue weighted by molar-refractivity contribution is 5.89. The van der Waals surface area contributed by atoms with Crippen molar-refractivity contribution in [1.29, 1.82) is 0 Å². The first kappa shape index (κ1) is 13.0. The van der Waals surface area contributed by atoms with Crippen LogP contribution in [0.3, 0.4) is 0 Å². The third kappa shape index (κ3) is 2.54. The first-order valence-electron chi connectivity index (χ1n) is 5.39. The molecular formula is C14H10F2O3. The summed E-state index contributed by atoms with van der Waals surface area (Å²) in [6.45, 7) is 0. The maximum atomic E-state index is 13.8. The van der Waals surface area contributed by atoms with Crippen molar-refractivity contribution in [3.05, 3.63) is 53.6 Å². The van der Waals surface area contributed by atoms with Crippen LogP contribution in [0.15, 0.2) is 36.4 Å². The summed E-state index contributed by atoms with van der Waals surface area (Å²) in [4.78, 5) is 10.8. The van der Waals surface area contributed by atoms with Crippen molar-refractivity contribution in [3.8, 4) is 16.9 Å². The number of aromatic carboxylic acids is 1. The van der Waals surface area contributed by atoms with Gasteiger partial charge in [0.25, 0.3) is 0 Å². The number of rotatable bonds is 3. The quantitative estimate of drug-likeness (QED) is 0.924. The van der Waals surface area contributed by atoms with Gasteiger partial charge in [0.15, 0.2) is 0 Å². The minimum Gasteiger partial charge on any atom is -0.497 e. The van der Waals surface area contributed by atoms with E-state index in [2.05, 4.69) is 0 Å². The molecule has 0 aliphatic carbocycles. The van der Waals surface area contributed by atoms with Gasteiger partial charge in [0.2, 0.25) is 0 Å². The minimum absolute atomic E-state index is 0.184. The fourth-order valence-electron chi connectivity index (χ4n) is 1.71. The van der Waals surface area contributed by atoms with Gasteiger partial charge in [0, 0.05) is 11.6 Å². The Morgan fingerprint density at radius 3 is 2.42 bits per heavy atom. The highest BCUT2D eigenvalue weighted by Gasteiger charge is 2.13. The summed E-state index contributed by atoms with van der Waals surface area (Å²) in [5.74, 6) is -2.47. The number of methoxy groups -OCH3 is 1. The molecule has 2 rings (SSSR count). The van der Waals surface area contributed by atoms with Gasteiger partial charge in [-0.05, 0) is 29.8 Å². The molecular weight excluding hydrogens is 254 g/mol.